The summed E-state index contributed by atoms with van der Waals surface area (Å²) in [6.45, 7) is 2.21. The van der Waals surface area contributed by atoms with Gasteiger partial charge in [0, 0.05) is 42.1 Å². The number of nitrogens with zero attached hydrogens (tertiary/aromatic N) is 2. The molecule has 2 heterocycles. The Morgan fingerprint density at radius 3 is 1.57 bits per heavy atom. The molecule has 2 aliphatic rings. The summed E-state index contributed by atoms with van der Waals surface area (Å²) in [6, 6.07) is 40.8. The zero-order chi connectivity index (χ0) is 29.3. The Labute approximate surface area is 268 Å². The number of fused-ring (bicyclic) bond motifs is 5. The van der Waals surface area contributed by atoms with Crippen LogP contribution in [0.3, 0.4) is 0 Å². The van der Waals surface area contributed by atoms with Crippen LogP contribution in [0.4, 0.5) is 0 Å². The van der Waals surface area contributed by atoms with Crippen LogP contribution >= 0.6 is 23.5 Å². The van der Waals surface area contributed by atoms with Crippen molar-refractivity contribution in [1.82, 2.24) is 10.2 Å². The molecule has 0 amide bonds. The Hall–Kier alpha value is -3.67. The van der Waals surface area contributed by atoms with Crippen LogP contribution in [0.25, 0.3) is 43.1 Å². The predicted molar refractivity (Wildman–Crippen MR) is 194 cm³/mol. The zero-order valence-corrected chi connectivity index (χ0v) is 26.5. The van der Waals surface area contributed by atoms with E-state index in [1.807, 2.05) is 11.8 Å². The van der Waals surface area contributed by atoms with Gasteiger partial charge in [-0.3, -0.25) is 0 Å². The van der Waals surface area contributed by atoms with Gasteiger partial charge in [-0.2, -0.15) is 23.5 Å². The molecule has 6 aromatic rings. The Morgan fingerprint density at radius 2 is 1.05 bits per heavy atom. The van der Waals surface area contributed by atoms with Crippen molar-refractivity contribution in [3.63, 3.8) is 0 Å². The van der Waals surface area contributed by atoms with E-state index >= 15 is 0 Å². The summed E-state index contributed by atoms with van der Waals surface area (Å²) in [7, 11) is 0. The zero-order valence-electron chi connectivity index (χ0n) is 24.9. The quantitative estimate of drug-likeness (QED) is 0.174. The van der Waals surface area contributed by atoms with Gasteiger partial charge < -0.3 is 10.2 Å². The second-order valence-electron chi connectivity index (χ2n) is 12.1. The molecule has 0 spiro atoms. The number of hydrogen-bond acceptors (Lipinski definition) is 5. The fourth-order valence-electron chi connectivity index (χ4n) is 7.02. The van der Waals surface area contributed by atoms with E-state index in [1.54, 1.807) is 0 Å². The first-order valence-electron chi connectivity index (χ1n) is 15.8. The third-order valence-corrected chi connectivity index (χ3v) is 11.5. The summed E-state index contributed by atoms with van der Waals surface area (Å²) >= 11 is 4.09. The molecule has 0 unspecified atom stereocenters. The summed E-state index contributed by atoms with van der Waals surface area (Å²) in [5.41, 5.74) is 2.92. The number of aliphatic imine (C=N–C) groups is 1. The molecule has 1 fully saturated rings. The fourth-order valence-corrected chi connectivity index (χ4v) is 9.33. The lowest BCUT2D eigenvalue weighted by Crippen LogP contribution is -2.56. The predicted octanol–water partition coefficient (Wildman–Crippen LogP) is 9.26. The first kappa shape index (κ1) is 27.8. The molecule has 0 radical (unpaired) electrons. The van der Waals surface area contributed by atoms with Crippen LogP contribution in [-0.4, -0.2) is 47.5 Å². The number of thioether (sulfide) groups is 2. The average Bonchev–Trinajstić information content (AvgIpc) is 3.07. The second-order valence-corrected chi connectivity index (χ2v) is 14.2. The maximum absolute atomic E-state index is 5.26. The van der Waals surface area contributed by atoms with E-state index in [9.17, 15) is 0 Å². The highest BCUT2D eigenvalue weighted by atomic mass is 32.2. The van der Waals surface area contributed by atoms with Gasteiger partial charge in [0.15, 0.2) is 5.96 Å². The van der Waals surface area contributed by atoms with E-state index < -0.39 is 0 Å². The molecule has 1 N–H and O–H groups in total. The monoisotopic (exact) mass is 611 g/mol. The Bertz CT molecular complexity index is 1890. The SMILES string of the molecule is c1ccc2c(CSC[C@H]3CCN4CC[C@H](CSCc5c6ccccc6cc6ccccc56)NC4=N3)c3ccccc3cc2c1. The van der Waals surface area contributed by atoms with Gasteiger partial charge in [-0.1, -0.05) is 97.1 Å². The molecule has 2 atom stereocenters. The van der Waals surface area contributed by atoms with Gasteiger partial charge in [0.2, 0.25) is 0 Å². The van der Waals surface area contributed by atoms with Gasteiger partial charge in [0.1, 0.15) is 0 Å². The number of guanidine groups is 1. The van der Waals surface area contributed by atoms with E-state index in [4.69, 9.17) is 4.99 Å². The molecule has 6 aromatic carbocycles. The molecular formula is C39H37N3S2. The van der Waals surface area contributed by atoms with Gasteiger partial charge in [0.05, 0.1) is 6.04 Å². The highest BCUT2D eigenvalue weighted by molar-refractivity contribution is 7.98. The van der Waals surface area contributed by atoms with Crippen molar-refractivity contribution in [2.24, 2.45) is 4.99 Å². The minimum atomic E-state index is 0.369. The van der Waals surface area contributed by atoms with Crippen molar-refractivity contribution in [2.45, 2.75) is 36.4 Å². The van der Waals surface area contributed by atoms with Crippen LogP contribution in [0.5, 0.6) is 0 Å². The number of rotatable bonds is 8. The lowest BCUT2D eigenvalue weighted by molar-refractivity contribution is 0.305. The van der Waals surface area contributed by atoms with Gasteiger partial charge in [0.25, 0.3) is 0 Å². The molecular weight excluding hydrogens is 575 g/mol. The first-order valence-corrected chi connectivity index (χ1v) is 18.1. The Kier molecular flexibility index (Phi) is 7.83. The molecule has 220 valence electrons. The molecule has 2 aliphatic heterocycles. The summed E-state index contributed by atoms with van der Waals surface area (Å²) < 4.78 is 0. The maximum Gasteiger partial charge on any atom is 0.194 e. The fraction of sp³-hybridized carbons (Fsp3) is 0.256. The molecule has 0 saturated carbocycles. The lowest BCUT2D eigenvalue weighted by Gasteiger charge is -2.39. The van der Waals surface area contributed by atoms with E-state index in [0.717, 1.165) is 48.5 Å². The molecule has 0 aliphatic carbocycles. The molecule has 0 aromatic heterocycles. The van der Waals surface area contributed by atoms with Crippen molar-refractivity contribution in [3.05, 3.63) is 120 Å². The third kappa shape index (κ3) is 5.52. The highest BCUT2D eigenvalue weighted by Crippen LogP contribution is 2.33. The minimum Gasteiger partial charge on any atom is -0.353 e. The largest absolute Gasteiger partial charge is 0.353 e. The number of benzene rings is 6. The molecule has 1 saturated heterocycles. The topological polar surface area (TPSA) is 27.6 Å². The molecule has 44 heavy (non-hydrogen) atoms. The lowest BCUT2D eigenvalue weighted by atomic mass is 9.98. The standard InChI is InChI=1S/C39H37N3S2/c1-5-13-33-27(9-1)21-28-10-2-6-14-34(28)37(33)25-43-23-31-17-19-42-20-18-32(41-39(42)40-31)24-44-26-38-35-15-7-3-11-29(35)22-30-12-4-8-16-36(30)38/h1-16,21-22,31-32H,17-20,23-26H2,(H,40,41)/t31-,32-/m1/s1. The molecule has 3 nitrogen and oxygen atoms in total. The second kappa shape index (κ2) is 12.4. The summed E-state index contributed by atoms with van der Waals surface area (Å²) in [5.74, 6) is 5.33. The van der Waals surface area contributed by atoms with Crippen molar-refractivity contribution >= 4 is 72.6 Å². The van der Waals surface area contributed by atoms with Gasteiger partial charge in [-0.15, -0.1) is 0 Å². The van der Waals surface area contributed by atoms with Crippen LogP contribution in [-0.2, 0) is 11.5 Å². The van der Waals surface area contributed by atoms with E-state index in [1.165, 1.54) is 60.6 Å². The number of hydrogen-bond donors (Lipinski definition) is 1. The maximum atomic E-state index is 5.26. The Morgan fingerprint density at radius 1 is 0.591 bits per heavy atom. The van der Waals surface area contributed by atoms with Gasteiger partial charge in [-0.25, -0.2) is 4.99 Å². The van der Waals surface area contributed by atoms with Crippen LogP contribution in [0, 0.1) is 0 Å². The van der Waals surface area contributed by atoms with E-state index in [2.05, 4.69) is 131 Å². The molecule has 8 rings (SSSR count). The summed E-state index contributed by atoms with van der Waals surface area (Å²) in [4.78, 5) is 7.73. The van der Waals surface area contributed by atoms with Crippen LogP contribution in [0.2, 0.25) is 0 Å². The van der Waals surface area contributed by atoms with Crippen LogP contribution in [0.1, 0.15) is 24.0 Å². The first-order chi connectivity index (χ1) is 21.8. The summed E-state index contributed by atoms with van der Waals surface area (Å²) in [5, 5.41) is 14.7. The van der Waals surface area contributed by atoms with Gasteiger partial charge in [-0.05, 0) is 79.2 Å². The highest BCUT2D eigenvalue weighted by Gasteiger charge is 2.28. The van der Waals surface area contributed by atoms with E-state index in [0.29, 0.717) is 12.1 Å². The van der Waals surface area contributed by atoms with E-state index in [-0.39, 0.29) is 0 Å². The summed E-state index contributed by atoms with van der Waals surface area (Å²) in [6.07, 6.45) is 2.32. The van der Waals surface area contributed by atoms with Crippen molar-refractivity contribution in [1.29, 1.82) is 0 Å². The van der Waals surface area contributed by atoms with Gasteiger partial charge >= 0.3 is 0 Å². The van der Waals surface area contributed by atoms with Crippen LogP contribution < -0.4 is 5.32 Å². The van der Waals surface area contributed by atoms with Crippen LogP contribution in [0.15, 0.2) is 114 Å². The molecule has 5 heteroatoms. The minimum absolute atomic E-state index is 0.369. The van der Waals surface area contributed by atoms with Crippen molar-refractivity contribution in [3.8, 4) is 0 Å². The Balaban J connectivity index is 0.921. The van der Waals surface area contributed by atoms with Crippen molar-refractivity contribution in [2.75, 3.05) is 24.6 Å². The smallest absolute Gasteiger partial charge is 0.194 e. The normalized spacial score (nSPS) is 18.5. The third-order valence-electron chi connectivity index (χ3n) is 9.31. The van der Waals surface area contributed by atoms with Crippen molar-refractivity contribution < 1.29 is 0 Å². The average molecular weight is 612 g/mol. The number of nitrogens with one attached hydrogen (secondary N) is 1. The molecule has 0 bridgehead atoms.